The summed E-state index contributed by atoms with van der Waals surface area (Å²) in [6.07, 6.45) is 2.16. The summed E-state index contributed by atoms with van der Waals surface area (Å²) in [6, 6.07) is 40.9. The van der Waals surface area contributed by atoms with Crippen molar-refractivity contribution in [2.24, 2.45) is 0 Å². The van der Waals surface area contributed by atoms with Crippen LogP contribution in [0.15, 0.2) is 131 Å². The fourth-order valence-corrected chi connectivity index (χ4v) is 10.4. The van der Waals surface area contributed by atoms with Crippen LogP contribution in [0, 0.1) is 0 Å². The standard InChI is InChI=1S/C31H30NOPS2/c1-2-3-24-36-31(35)30(32-29(33)25-16-8-4-9-17-25)34(26-18-10-5-11-19-26,27-20-12-6-13-21-27)28-22-14-7-15-23-28/h4-23H,2-3,24H2,1H3,(H-,32,33,35)/b31-30+. The SMILES string of the molecule is CCCCS/C([S-])=C(\NC(=O)c1ccccc1)[P+](c1ccccc1)(c1ccccc1)c1ccccc1. The van der Waals surface area contributed by atoms with Crippen molar-refractivity contribution in [3.05, 3.63) is 137 Å². The largest absolute Gasteiger partial charge is 0.768 e. The predicted molar refractivity (Wildman–Crippen MR) is 161 cm³/mol. The van der Waals surface area contributed by atoms with E-state index >= 15 is 0 Å². The molecule has 36 heavy (non-hydrogen) atoms. The Morgan fingerprint density at radius 3 is 1.56 bits per heavy atom. The monoisotopic (exact) mass is 527 g/mol. The highest BCUT2D eigenvalue weighted by Crippen LogP contribution is 2.63. The Bertz CT molecular complexity index is 1180. The van der Waals surface area contributed by atoms with Gasteiger partial charge in [-0.15, -0.1) is 11.8 Å². The minimum atomic E-state index is -2.52. The number of benzene rings is 4. The van der Waals surface area contributed by atoms with Gasteiger partial charge in [-0.3, -0.25) is 10.1 Å². The van der Waals surface area contributed by atoms with Crippen LogP contribution in [0.5, 0.6) is 0 Å². The van der Waals surface area contributed by atoms with Crippen LogP contribution in [-0.2, 0) is 12.6 Å². The number of nitrogens with one attached hydrogen (secondary N) is 1. The molecule has 0 aliphatic carbocycles. The van der Waals surface area contributed by atoms with E-state index in [0.29, 0.717) is 5.56 Å². The van der Waals surface area contributed by atoms with Gasteiger partial charge in [0.1, 0.15) is 15.9 Å². The Morgan fingerprint density at radius 1 is 0.722 bits per heavy atom. The van der Waals surface area contributed by atoms with Gasteiger partial charge in [-0.05, 0) is 60.7 Å². The molecule has 1 amide bonds. The number of hydrogen-bond donors (Lipinski definition) is 1. The quantitative estimate of drug-likeness (QED) is 0.143. The van der Waals surface area contributed by atoms with E-state index in [9.17, 15) is 4.79 Å². The van der Waals surface area contributed by atoms with E-state index in [4.69, 9.17) is 12.6 Å². The third kappa shape index (κ3) is 5.73. The molecular formula is C31H30NOPS2. The number of carbonyl (C=O) groups is 1. The zero-order valence-electron chi connectivity index (χ0n) is 20.3. The average Bonchev–Trinajstić information content (AvgIpc) is 2.95. The molecule has 4 aromatic rings. The van der Waals surface area contributed by atoms with E-state index < -0.39 is 7.26 Å². The van der Waals surface area contributed by atoms with Crippen LogP contribution in [0.4, 0.5) is 0 Å². The van der Waals surface area contributed by atoms with Crippen LogP contribution in [-0.4, -0.2) is 11.7 Å². The summed E-state index contributed by atoms with van der Waals surface area (Å²) in [5, 5.41) is 6.83. The molecule has 4 rings (SSSR count). The lowest BCUT2D eigenvalue weighted by Gasteiger charge is -2.33. The molecule has 0 heterocycles. The summed E-state index contributed by atoms with van der Waals surface area (Å²) in [4.78, 5) is 13.6. The Labute approximate surface area is 225 Å². The first-order chi connectivity index (χ1) is 17.7. The molecule has 0 unspecified atom stereocenters. The number of carbonyl (C=O) groups excluding carboxylic acids is 1. The summed E-state index contributed by atoms with van der Waals surface area (Å²) in [6.45, 7) is 2.18. The number of rotatable bonds is 10. The van der Waals surface area contributed by atoms with Gasteiger partial charge in [-0.25, -0.2) is 0 Å². The maximum Gasteiger partial charge on any atom is 0.258 e. The van der Waals surface area contributed by atoms with Crippen LogP contribution in [0.2, 0.25) is 0 Å². The Kier molecular flexibility index (Phi) is 9.35. The molecular weight excluding hydrogens is 497 g/mol. The van der Waals surface area contributed by atoms with Crippen molar-refractivity contribution in [2.75, 3.05) is 5.75 Å². The van der Waals surface area contributed by atoms with Crippen LogP contribution >= 0.6 is 19.0 Å². The zero-order chi connectivity index (χ0) is 25.2. The number of amides is 1. The molecule has 0 aromatic heterocycles. The van der Waals surface area contributed by atoms with E-state index in [0.717, 1.165) is 44.2 Å². The van der Waals surface area contributed by atoms with Crippen molar-refractivity contribution in [2.45, 2.75) is 19.8 Å². The summed E-state index contributed by atoms with van der Waals surface area (Å²) in [7, 11) is -2.52. The molecule has 0 atom stereocenters. The van der Waals surface area contributed by atoms with Gasteiger partial charge < -0.3 is 12.6 Å². The number of hydrogen-bond acceptors (Lipinski definition) is 3. The van der Waals surface area contributed by atoms with Crippen molar-refractivity contribution in [1.82, 2.24) is 5.32 Å². The van der Waals surface area contributed by atoms with Gasteiger partial charge in [0.05, 0.1) is 0 Å². The second-order valence-electron chi connectivity index (χ2n) is 8.34. The Morgan fingerprint density at radius 2 is 1.14 bits per heavy atom. The fourth-order valence-electron chi connectivity index (χ4n) is 4.21. The van der Waals surface area contributed by atoms with Crippen molar-refractivity contribution < 1.29 is 4.79 Å². The van der Waals surface area contributed by atoms with E-state index in [1.54, 1.807) is 11.8 Å². The van der Waals surface area contributed by atoms with E-state index in [-0.39, 0.29) is 5.91 Å². The lowest BCUT2D eigenvalue weighted by atomic mass is 10.2. The van der Waals surface area contributed by atoms with Crippen LogP contribution in [0.1, 0.15) is 30.1 Å². The number of unbranched alkanes of at least 4 members (excludes halogenated alkanes) is 1. The van der Waals surface area contributed by atoms with E-state index in [1.165, 1.54) is 0 Å². The molecule has 5 heteroatoms. The minimum absolute atomic E-state index is 0.142. The normalized spacial score (nSPS) is 12.0. The molecule has 1 N–H and O–H groups in total. The van der Waals surface area contributed by atoms with Crippen molar-refractivity contribution in [3.8, 4) is 0 Å². The summed E-state index contributed by atoms with van der Waals surface area (Å²) in [5.41, 5.74) is 1.44. The highest BCUT2D eigenvalue weighted by Gasteiger charge is 2.50. The number of thioether (sulfide) groups is 1. The maximum absolute atomic E-state index is 13.6. The zero-order valence-corrected chi connectivity index (χ0v) is 22.9. The molecule has 0 saturated heterocycles. The second-order valence-corrected chi connectivity index (χ2v) is 13.4. The average molecular weight is 528 g/mol. The molecule has 2 nitrogen and oxygen atoms in total. The van der Waals surface area contributed by atoms with Gasteiger partial charge in [0.15, 0.2) is 12.7 Å². The maximum atomic E-state index is 13.6. The molecule has 4 aromatic carbocycles. The third-order valence-corrected chi connectivity index (χ3v) is 12.0. The third-order valence-electron chi connectivity index (χ3n) is 5.96. The molecule has 182 valence electrons. The van der Waals surface area contributed by atoms with Gasteiger partial charge in [0.25, 0.3) is 5.91 Å². The second kappa shape index (κ2) is 12.9. The first-order valence-electron chi connectivity index (χ1n) is 12.1. The van der Waals surface area contributed by atoms with Crippen LogP contribution in [0.25, 0.3) is 0 Å². The van der Waals surface area contributed by atoms with Crippen molar-refractivity contribution >= 4 is 53.5 Å². The van der Waals surface area contributed by atoms with E-state index in [1.807, 2.05) is 48.5 Å². The molecule has 0 aliphatic rings. The lowest BCUT2D eigenvalue weighted by Crippen LogP contribution is -2.39. The highest BCUT2D eigenvalue weighted by molar-refractivity contribution is 8.12. The smallest absolute Gasteiger partial charge is 0.258 e. The molecule has 0 fully saturated rings. The Balaban J connectivity index is 2.02. The first kappa shape index (κ1) is 26.2. The topological polar surface area (TPSA) is 29.1 Å². The van der Waals surface area contributed by atoms with Crippen molar-refractivity contribution in [3.63, 3.8) is 0 Å². The molecule has 0 spiro atoms. The van der Waals surface area contributed by atoms with Gasteiger partial charge in [0, 0.05) is 5.56 Å². The van der Waals surface area contributed by atoms with Gasteiger partial charge in [-0.1, -0.05) is 90.4 Å². The lowest BCUT2D eigenvalue weighted by molar-refractivity contribution is 0.0968. The first-order valence-corrected chi connectivity index (χ1v) is 15.3. The van der Waals surface area contributed by atoms with Crippen LogP contribution in [0.3, 0.4) is 0 Å². The summed E-state index contributed by atoms with van der Waals surface area (Å²) in [5.74, 6) is 0.773. The van der Waals surface area contributed by atoms with Crippen molar-refractivity contribution in [1.29, 1.82) is 0 Å². The summed E-state index contributed by atoms with van der Waals surface area (Å²) >= 11 is 7.81. The predicted octanol–water partition coefficient (Wildman–Crippen LogP) is 6.62. The Hall–Kier alpha value is -2.91. The van der Waals surface area contributed by atoms with Crippen LogP contribution < -0.4 is 21.2 Å². The summed E-state index contributed by atoms with van der Waals surface area (Å²) < 4.78 is 0.748. The molecule has 0 saturated carbocycles. The fraction of sp³-hybridized carbons (Fsp3) is 0.129. The van der Waals surface area contributed by atoms with Gasteiger partial charge in [0.2, 0.25) is 0 Å². The highest BCUT2D eigenvalue weighted by atomic mass is 32.2. The minimum Gasteiger partial charge on any atom is -0.768 e. The molecule has 0 aliphatic heterocycles. The van der Waals surface area contributed by atoms with Gasteiger partial charge in [-0.2, -0.15) is 0 Å². The van der Waals surface area contributed by atoms with E-state index in [2.05, 4.69) is 85.0 Å². The molecule has 0 bridgehead atoms. The van der Waals surface area contributed by atoms with Gasteiger partial charge >= 0.3 is 0 Å². The molecule has 0 radical (unpaired) electrons.